The summed E-state index contributed by atoms with van der Waals surface area (Å²) in [6, 6.07) is 9.53. The highest BCUT2D eigenvalue weighted by molar-refractivity contribution is 7.89. The predicted octanol–water partition coefficient (Wildman–Crippen LogP) is 1.32. The van der Waals surface area contributed by atoms with Crippen LogP contribution < -0.4 is 15.4 Å². The Bertz CT molecular complexity index is 1090. The number of nitrogens with zero attached hydrogens (tertiary/aromatic N) is 4. The van der Waals surface area contributed by atoms with E-state index in [2.05, 4.69) is 30.4 Å². The maximum Gasteiger partial charge on any atom is 0.240 e. The number of aromatic nitrogens is 4. The van der Waals surface area contributed by atoms with Crippen LogP contribution in [0.25, 0.3) is 5.82 Å². The van der Waals surface area contributed by atoms with Gasteiger partial charge in [-0.25, -0.2) is 27.8 Å². The number of carbonyl (C=O) groups is 1. The summed E-state index contributed by atoms with van der Waals surface area (Å²) in [5, 5.41) is 9.93. The Morgan fingerprint density at radius 3 is 2.52 bits per heavy atom. The van der Waals surface area contributed by atoms with E-state index >= 15 is 0 Å². The third kappa shape index (κ3) is 5.59. The average molecular weight is 415 g/mol. The average Bonchev–Trinajstić information content (AvgIpc) is 3.12. The molecule has 11 heteroatoms. The van der Waals surface area contributed by atoms with Gasteiger partial charge in [0, 0.05) is 38.0 Å². The van der Waals surface area contributed by atoms with E-state index in [1.54, 1.807) is 16.9 Å². The van der Waals surface area contributed by atoms with Gasteiger partial charge in [-0.1, -0.05) is 0 Å². The van der Waals surface area contributed by atoms with Crippen molar-refractivity contribution in [1.82, 2.24) is 24.5 Å². The summed E-state index contributed by atoms with van der Waals surface area (Å²) in [5.41, 5.74) is 1.41. The van der Waals surface area contributed by atoms with Crippen molar-refractivity contribution in [2.45, 2.75) is 18.7 Å². The molecule has 0 aliphatic heterocycles. The Balaban J connectivity index is 1.54. The summed E-state index contributed by atoms with van der Waals surface area (Å²) >= 11 is 0. The lowest BCUT2D eigenvalue weighted by Gasteiger charge is -2.10. The van der Waals surface area contributed by atoms with Crippen LogP contribution in [-0.4, -0.2) is 47.2 Å². The van der Waals surface area contributed by atoms with Crippen molar-refractivity contribution in [2.75, 3.05) is 23.7 Å². The molecule has 29 heavy (non-hydrogen) atoms. The first-order valence-corrected chi connectivity index (χ1v) is 10.3. The van der Waals surface area contributed by atoms with E-state index in [1.165, 1.54) is 37.5 Å². The largest absolute Gasteiger partial charge is 0.369 e. The van der Waals surface area contributed by atoms with Crippen LogP contribution in [0.1, 0.15) is 12.6 Å². The zero-order valence-corrected chi connectivity index (χ0v) is 16.8. The Morgan fingerprint density at radius 1 is 1.10 bits per heavy atom. The summed E-state index contributed by atoms with van der Waals surface area (Å²) in [6.45, 7) is 3.76. The zero-order valence-electron chi connectivity index (χ0n) is 16.0. The van der Waals surface area contributed by atoms with Crippen LogP contribution in [0, 0.1) is 6.92 Å². The lowest BCUT2D eigenvalue weighted by atomic mass is 10.3. The van der Waals surface area contributed by atoms with E-state index < -0.39 is 10.0 Å². The smallest absolute Gasteiger partial charge is 0.240 e. The van der Waals surface area contributed by atoms with Gasteiger partial charge in [-0.05, 0) is 37.3 Å². The lowest BCUT2D eigenvalue weighted by Crippen LogP contribution is -2.29. The van der Waals surface area contributed by atoms with Crippen molar-refractivity contribution in [1.29, 1.82) is 0 Å². The number of amides is 1. The van der Waals surface area contributed by atoms with Crippen molar-refractivity contribution < 1.29 is 13.2 Å². The van der Waals surface area contributed by atoms with Crippen molar-refractivity contribution >= 4 is 27.4 Å². The van der Waals surface area contributed by atoms with Gasteiger partial charge in [-0.3, -0.25) is 4.79 Å². The second kappa shape index (κ2) is 8.80. The molecule has 0 atom stereocenters. The van der Waals surface area contributed by atoms with Crippen LogP contribution in [0.4, 0.5) is 11.5 Å². The summed E-state index contributed by atoms with van der Waals surface area (Å²) in [5.74, 6) is 0.942. The van der Waals surface area contributed by atoms with Gasteiger partial charge in [-0.15, -0.1) is 0 Å². The van der Waals surface area contributed by atoms with E-state index in [1.807, 2.05) is 13.0 Å². The minimum absolute atomic E-state index is 0.116. The fourth-order valence-electron chi connectivity index (χ4n) is 2.49. The number of aryl methyl sites for hydroxylation is 1. The maximum absolute atomic E-state index is 12.4. The molecule has 0 bridgehead atoms. The molecule has 0 fully saturated rings. The molecule has 0 aliphatic rings. The Morgan fingerprint density at radius 2 is 1.86 bits per heavy atom. The van der Waals surface area contributed by atoms with Gasteiger partial charge in [0.1, 0.15) is 12.1 Å². The van der Waals surface area contributed by atoms with E-state index in [0.717, 1.165) is 5.69 Å². The Kier molecular flexibility index (Phi) is 6.20. The number of benzene rings is 1. The normalized spacial score (nSPS) is 11.2. The lowest BCUT2D eigenvalue weighted by molar-refractivity contribution is -0.114. The minimum Gasteiger partial charge on any atom is -0.369 e. The van der Waals surface area contributed by atoms with Crippen LogP contribution in [0.2, 0.25) is 0 Å². The molecule has 2 aromatic heterocycles. The molecule has 3 aromatic rings. The second-order valence-electron chi connectivity index (χ2n) is 6.19. The number of hydrogen-bond donors (Lipinski definition) is 3. The van der Waals surface area contributed by atoms with Crippen LogP contribution in [0.15, 0.2) is 53.8 Å². The third-order valence-electron chi connectivity index (χ3n) is 3.82. The Hall–Kier alpha value is -3.31. The highest BCUT2D eigenvalue weighted by Crippen LogP contribution is 2.14. The van der Waals surface area contributed by atoms with Crippen LogP contribution in [-0.2, 0) is 14.8 Å². The summed E-state index contributed by atoms with van der Waals surface area (Å²) < 4.78 is 28.9. The van der Waals surface area contributed by atoms with Crippen LogP contribution >= 0.6 is 0 Å². The van der Waals surface area contributed by atoms with Crippen molar-refractivity contribution in [3.05, 3.63) is 54.6 Å². The fraction of sp³-hybridized carbons (Fsp3) is 0.222. The quantitative estimate of drug-likeness (QED) is 0.473. The van der Waals surface area contributed by atoms with Gasteiger partial charge in [0.25, 0.3) is 0 Å². The fourth-order valence-corrected chi connectivity index (χ4v) is 3.52. The van der Waals surface area contributed by atoms with Gasteiger partial charge in [0.15, 0.2) is 5.82 Å². The van der Waals surface area contributed by atoms with Crippen molar-refractivity contribution in [2.24, 2.45) is 0 Å². The molecule has 0 spiro atoms. The molecule has 1 aromatic carbocycles. The monoisotopic (exact) mass is 415 g/mol. The Labute approximate surface area is 168 Å². The van der Waals surface area contributed by atoms with Crippen LogP contribution in [0.5, 0.6) is 0 Å². The second-order valence-corrected chi connectivity index (χ2v) is 7.96. The summed E-state index contributed by atoms with van der Waals surface area (Å²) in [6.07, 6.45) is 3.21. The molecular formula is C18H21N7O3S. The first kappa shape index (κ1) is 20.4. The molecule has 0 saturated carbocycles. The molecule has 10 nitrogen and oxygen atoms in total. The molecule has 3 N–H and O–H groups in total. The van der Waals surface area contributed by atoms with E-state index in [-0.39, 0.29) is 17.3 Å². The number of rotatable bonds is 8. The number of hydrogen-bond acceptors (Lipinski definition) is 7. The van der Waals surface area contributed by atoms with Gasteiger partial charge < -0.3 is 10.6 Å². The predicted molar refractivity (Wildman–Crippen MR) is 108 cm³/mol. The maximum atomic E-state index is 12.4. The number of anilines is 2. The standard InChI is InChI=1S/C18H21N7O3S/c1-13-7-10-25(24-13)18-11-17(20-12-21-18)19-8-9-22-29(27,28)16-5-3-15(4-6-16)23-14(2)26/h3-7,10-12,22H,8-9H2,1-2H3,(H,23,26)(H,19,20,21). The molecule has 0 radical (unpaired) electrons. The van der Waals surface area contributed by atoms with Gasteiger partial charge in [-0.2, -0.15) is 5.10 Å². The van der Waals surface area contributed by atoms with Gasteiger partial charge in [0.05, 0.1) is 10.6 Å². The third-order valence-corrected chi connectivity index (χ3v) is 5.29. The first-order valence-electron chi connectivity index (χ1n) is 8.79. The highest BCUT2D eigenvalue weighted by atomic mass is 32.2. The molecular weight excluding hydrogens is 394 g/mol. The van der Waals surface area contributed by atoms with Crippen LogP contribution in [0.3, 0.4) is 0 Å². The van der Waals surface area contributed by atoms with Crippen molar-refractivity contribution in [3.8, 4) is 5.82 Å². The first-order chi connectivity index (χ1) is 13.8. The highest BCUT2D eigenvalue weighted by Gasteiger charge is 2.13. The number of nitrogens with one attached hydrogen (secondary N) is 3. The summed E-state index contributed by atoms with van der Waals surface area (Å²) in [4.78, 5) is 19.4. The molecule has 0 saturated heterocycles. The molecule has 152 valence electrons. The van der Waals surface area contributed by atoms with E-state index in [9.17, 15) is 13.2 Å². The molecule has 1 amide bonds. The molecule has 0 aliphatic carbocycles. The summed E-state index contributed by atoms with van der Waals surface area (Å²) in [7, 11) is -3.66. The topological polar surface area (TPSA) is 131 Å². The SMILES string of the molecule is CC(=O)Nc1ccc(S(=O)(=O)NCCNc2cc(-n3ccc(C)n3)ncn2)cc1. The van der Waals surface area contributed by atoms with Gasteiger partial charge in [0.2, 0.25) is 15.9 Å². The van der Waals surface area contributed by atoms with E-state index in [0.29, 0.717) is 23.9 Å². The number of sulfonamides is 1. The molecule has 3 rings (SSSR count). The van der Waals surface area contributed by atoms with Crippen molar-refractivity contribution in [3.63, 3.8) is 0 Å². The molecule has 0 unspecified atom stereocenters. The van der Waals surface area contributed by atoms with E-state index in [4.69, 9.17) is 0 Å². The number of carbonyl (C=O) groups excluding carboxylic acids is 1. The minimum atomic E-state index is -3.66. The zero-order chi connectivity index (χ0) is 20.9. The molecule has 2 heterocycles. The van der Waals surface area contributed by atoms with Gasteiger partial charge >= 0.3 is 0 Å².